The molecule has 2 aliphatic rings. The summed E-state index contributed by atoms with van der Waals surface area (Å²) in [6.45, 7) is 2.32. The zero-order valence-electron chi connectivity index (χ0n) is 11.7. The lowest BCUT2D eigenvalue weighted by Crippen LogP contribution is -2.33. The molecular formula is C13H19ClN2O2S2. The highest BCUT2D eigenvalue weighted by molar-refractivity contribution is 7.91. The van der Waals surface area contributed by atoms with E-state index in [9.17, 15) is 8.42 Å². The lowest BCUT2D eigenvalue weighted by atomic mass is 9.89. The third-order valence-electron chi connectivity index (χ3n) is 4.75. The molecule has 0 N–H and O–H groups in total. The molecule has 0 saturated heterocycles. The summed E-state index contributed by atoms with van der Waals surface area (Å²) in [6.07, 6.45) is 5.09. The minimum atomic E-state index is -3.45. The third-order valence-corrected chi connectivity index (χ3v) is 8.42. The van der Waals surface area contributed by atoms with Gasteiger partial charge >= 0.3 is 0 Å². The number of hydrogen-bond acceptors (Lipinski definition) is 4. The first-order valence-corrected chi connectivity index (χ1v) is 9.60. The number of fused-ring (bicyclic) bond motifs is 2. The van der Waals surface area contributed by atoms with Crippen LogP contribution in [0.2, 0.25) is 4.47 Å². The average molecular weight is 335 g/mol. The second-order valence-corrected chi connectivity index (χ2v) is 9.88. The fraction of sp³-hybridized carbons (Fsp3) is 0.769. The Hall–Kier alpha value is -0.170. The molecule has 4 nitrogen and oxygen atoms in total. The molecule has 0 spiro atoms. The first kappa shape index (κ1) is 14.8. The van der Waals surface area contributed by atoms with Gasteiger partial charge in [0.15, 0.2) is 8.68 Å². The van der Waals surface area contributed by atoms with Crippen LogP contribution in [0.25, 0.3) is 0 Å². The summed E-state index contributed by atoms with van der Waals surface area (Å²) in [5.41, 5.74) is 0.500. The molecule has 0 radical (unpaired) electrons. The second kappa shape index (κ2) is 5.23. The molecule has 0 aliphatic heterocycles. The van der Waals surface area contributed by atoms with E-state index in [4.69, 9.17) is 11.6 Å². The first-order valence-electron chi connectivity index (χ1n) is 6.97. The van der Waals surface area contributed by atoms with Crippen LogP contribution in [-0.2, 0) is 10.0 Å². The zero-order valence-corrected chi connectivity index (χ0v) is 14.1. The Balaban J connectivity index is 1.76. The summed E-state index contributed by atoms with van der Waals surface area (Å²) < 4.78 is 27.3. The Labute approximate surface area is 129 Å². The van der Waals surface area contributed by atoms with E-state index in [1.165, 1.54) is 30.0 Å². The molecule has 1 aromatic rings. The molecule has 2 fully saturated rings. The largest absolute Gasteiger partial charge is 0.254 e. The van der Waals surface area contributed by atoms with E-state index in [0.717, 1.165) is 23.2 Å². The van der Waals surface area contributed by atoms with Crippen LogP contribution in [0.3, 0.4) is 0 Å². The van der Waals surface area contributed by atoms with E-state index in [-0.39, 0.29) is 8.68 Å². The fourth-order valence-electron chi connectivity index (χ4n) is 3.76. The molecule has 3 atom stereocenters. The predicted octanol–water partition coefficient (Wildman–Crippen LogP) is 3.16. The van der Waals surface area contributed by atoms with Crippen LogP contribution in [0, 0.1) is 24.7 Å². The summed E-state index contributed by atoms with van der Waals surface area (Å²) in [6, 6.07) is 0. The van der Waals surface area contributed by atoms with Gasteiger partial charge < -0.3 is 0 Å². The molecule has 3 unspecified atom stereocenters. The van der Waals surface area contributed by atoms with Crippen LogP contribution in [0.5, 0.6) is 0 Å². The number of aryl methyl sites for hydroxylation is 1. The van der Waals surface area contributed by atoms with E-state index in [1.54, 1.807) is 14.0 Å². The lowest BCUT2D eigenvalue weighted by molar-refractivity contribution is 0.280. The van der Waals surface area contributed by atoms with E-state index in [2.05, 4.69) is 4.98 Å². The van der Waals surface area contributed by atoms with Gasteiger partial charge in [-0.25, -0.2) is 13.4 Å². The van der Waals surface area contributed by atoms with Crippen LogP contribution in [-0.4, -0.2) is 31.3 Å². The number of thiazole rings is 1. The molecule has 7 heteroatoms. The standard InChI is InChI=1S/C13H19ClN2O2S2/c1-8-12(19-13(14)15-8)20(17,18)16(2)7-11-6-9-3-4-10(11)5-9/h9-11H,3-7H2,1-2H3. The average Bonchev–Trinajstić information content (AvgIpc) is 3.04. The molecule has 3 rings (SSSR count). The molecule has 0 aromatic carbocycles. The maximum atomic E-state index is 12.6. The minimum Gasteiger partial charge on any atom is -0.229 e. The highest BCUT2D eigenvalue weighted by Gasteiger charge is 2.41. The van der Waals surface area contributed by atoms with Gasteiger partial charge in [0.25, 0.3) is 10.0 Å². The summed E-state index contributed by atoms with van der Waals surface area (Å²) in [5, 5.41) is 0. The van der Waals surface area contributed by atoms with Crippen LogP contribution in [0.15, 0.2) is 4.21 Å². The SMILES string of the molecule is Cc1nc(Cl)sc1S(=O)(=O)N(C)CC1CC2CCC1C2. The zero-order chi connectivity index (χ0) is 14.5. The smallest absolute Gasteiger partial charge is 0.229 e. The van der Waals surface area contributed by atoms with Crippen LogP contribution >= 0.6 is 22.9 Å². The van der Waals surface area contributed by atoms with E-state index >= 15 is 0 Å². The van der Waals surface area contributed by atoms with Gasteiger partial charge in [0.2, 0.25) is 0 Å². The normalized spacial score (nSPS) is 29.5. The van der Waals surface area contributed by atoms with Crippen molar-refractivity contribution in [2.75, 3.05) is 13.6 Å². The molecule has 20 heavy (non-hydrogen) atoms. The maximum absolute atomic E-state index is 12.6. The van der Waals surface area contributed by atoms with Crippen molar-refractivity contribution in [1.82, 2.24) is 9.29 Å². The molecule has 1 heterocycles. The number of sulfonamides is 1. The van der Waals surface area contributed by atoms with Crippen molar-refractivity contribution in [1.29, 1.82) is 0 Å². The molecule has 112 valence electrons. The Morgan fingerprint density at radius 2 is 2.15 bits per heavy atom. The van der Waals surface area contributed by atoms with Gasteiger partial charge in [0.1, 0.15) is 0 Å². The van der Waals surface area contributed by atoms with Crippen molar-refractivity contribution in [3.8, 4) is 0 Å². The number of aromatic nitrogens is 1. The highest BCUT2D eigenvalue weighted by Crippen LogP contribution is 2.48. The topological polar surface area (TPSA) is 50.3 Å². The molecule has 0 amide bonds. The van der Waals surface area contributed by atoms with Gasteiger partial charge in [-0.2, -0.15) is 4.31 Å². The van der Waals surface area contributed by atoms with Crippen molar-refractivity contribution in [2.45, 2.75) is 36.8 Å². The Morgan fingerprint density at radius 1 is 1.40 bits per heavy atom. The Morgan fingerprint density at radius 3 is 2.65 bits per heavy atom. The van der Waals surface area contributed by atoms with E-state index < -0.39 is 10.0 Å². The van der Waals surface area contributed by atoms with Gasteiger partial charge in [-0.15, -0.1) is 0 Å². The summed E-state index contributed by atoms with van der Waals surface area (Å²) in [7, 11) is -1.77. The molecule has 2 bridgehead atoms. The Bertz CT molecular complexity index is 614. The van der Waals surface area contributed by atoms with Crippen molar-refractivity contribution in [3.05, 3.63) is 10.2 Å². The van der Waals surface area contributed by atoms with E-state index in [0.29, 0.717) is 18.2 Å². The van der Waals surface area contributed by atoms with Gasteiger partial charge in [-0.3, -0.25) is 0 Å². The molecule has 2 saturated carbocycles. The van der Waals surface area contributed by atoms with Crippen LogP contribution in [0.1, 0.15) is 31.4 Å². The summed E-state index contributed by atoms with van der Waals surface area (Å²) in [4.78, 5) is 4.01. The lowest BCUT2D eigenvalue weighted by Gasteiger charge is -2.26. The quantitative estimate of drug-likeness (QED) is 0.849. The number of hydrogen-bond donors (Lipinski definition) is 0. The van der Waals surface area contributed by atoms with Gasteiger partial charge in [-0.1, -0.05) is 29.4 Å². The van der Waals surface area contributed by atoms with E-state index in [1.807, 2.05) is 0 Å². The first-order chi connectivity index (χ1) is 9.38. The fourth-order valence-corrected chi connectivity index (χ4v) is 6.91. The molecule has 2 aliphatic carbocycles. The van der Waals surface area contributed by atoms with Crippen LogP contribution < -0.4 is 0 Å². The van der Waals surface area contributed by atoms with Crippen LogP contribution in [0.4, 0.5) is 0 Å². The second-order valence-electron chi connectivity index (χ2n) is 6.06. The monoisotopic (exact) mass is 334 g/mol. The summed E-state index contributed by atoms with van der Waals surface area (Å²) in [5.74, 6) is 2.08. The van der Waals surface area contributed by atoms with Crippen molar-refractivity contribution >= 4 is 33.0 Å². The minimum absolute atomic E-state index is 0.285. The van der Waals surface area contributed by atoms with Gasteiger partial charge in [0.05, 0.1) is 5.69 Å². The Kier molecular flexibility index (Phi) is 3.86. The predicted molar refractivity (Wildman–Crippen MR) is 80.6 cm³/mol. The number of nitrogens with zero attached hydrogens (tertiary/aromatic N) is 2. The van der Waals surface area contributed by atoms with Crippen molar-refractivity contribution < 1.29 is 8.42 Å². The highest BCUT2D eigenvalue weighted by atomic mass is 35.5. The van der Waals surface area contributed by atoms with Crippen molar-refractivity contribution in [2.24, 2.45) is 17.8 Å². The third kappa shape index (κ3) is 2.51. The number of halogens is 1. The molecule has 1 aromatic heterocycles. The van der Waals surface area contributed by atoms with Gasteiger partial charge in [-0.05, 0) is 43.9 Å². The van der Waals surface area contributed by atoms with Crippen molar-refractivity contribution in [3.63, 3.8) is 0 Å². The molecular weight excluding hydrogens is 316 g/mol. The number of rotatable bonds is 4. The maximum Gasteiger partial charge on any atom is 0.254 e. The summed E-state index contributed by atoms with van der Waals surface area (Å²) >= 11 is 6.87. The van der Waals surface area contributed by atoms with Gasteiger partial charge in [0, 0.05) is 13.6 Å².